The molecule has 0 saturated heterocycles. The third-order valence-corrected chi connectivity index (χ3v) is 7.91. The van der Waals surface area contributed by atoms with Crippen molar-refractivity contribution in [1.29, 1.82) is 0 Å². The molecule has 3 aromatic rings. The molecule has 0 radical (unpaired) electrons. The molecule has 2 aromatic heterocycles. The number of sulfone groups is 1. The Morgan fingerprint density at radius 1 is 1.06 bits per heavy atom. The summed E-state index contributed by atoms with van der Waals surface area (Å²) in [6.07, 6.45) is 0.874. The number of carbonyl (C=O) groups excluding carboxylic acids is 2. The van der Waals surface area contributed by atoms with Crippen LogP contribution in [0.15, 0.2) is 52.7 Å². The van der Waals surface area contributed by atoms with E-state index in [1.54, 1.807) is 29.5 Å². The molecule has 164 valence electrons. The molecule has 3 rings (SSSR count). The van der Waals surface area contributed by atoms with Gasteiger partial charge in [-0.2, -0.15) is 0 Å². The number of nitrogens with zero attached hydrogens (tertiary/aromatic N) is 1. The van der Waals surface area contributed by atoms with Crippen LogP contribution in [0.2, 0.25) is 0 Å². The van der Waals surface area contributed by atoms with Gasteiger partial charge in [0.05, 0.1) is 16.2 Å². The lowest BCUT2D eigenvalue weighted by Crippen LogP contribution is -2.18. The van der Waals surface area contributed by atoms with Crippen LogP contribution in [-0.2, 0) is 27.5 Å². The van der Waals surface area contributed by atoms with Crippen LogP contribution < -0.4 is 0 Å². The van der Waals surface area contributed by atoms with E-state index in [1.165, 1.54) is 23.9 Å². The van der Waals surface area contributed by atoms with Crippen LogP contribution in [0, 0.1) is 13.8 Å². The maximum Gasteiger partial charge on any atom is 0.339 e. The zero-order valence-corrected chi connectivity index (χ0v) is 19.4. The number of ketones is 1. The Hall–Kier alpha value is -2.71. The second-order valence-electron chi connectivity index (χ2n) is 7.16. The van der Waals surface area contributed by atoms with E-state index in [0.29, 0.717) is 5.56 Å². The molecule has 0 atom stereocenters. The van der Waals surface area contributed by atoms with E-state index >= 15 is 0 Å². The maximum absolute atomic E-state index is 12.7. The van der Waals surface area contributed by atoms with Gasteiger partial charge in [0.15, 0.2) is 16.4 Å². The zero-order valence-electron chi connectivity index (χ0n) is 17.8. The van der Waals surface area contributed by atoms with Crippen molar-refractivity contribution in [2.24, 2.45) is 0 Å². The number of esters is 1. The first kappa shape index (κ1) is 23.0. The van der Waals surface area contributed by atoms with E-state index in [2.05, 4.69) is 10.6 Å². The van der Waals surface area contributed by atoms with Crippen LogP contribution in [-0.4, -0.2) is 37.1 Å². The fraction of sp³-hybridized carbons (Fsp3) is 0.304. The molecule has 0 bridgehead atoms. The van der Waals surface area contributed by atoms with Gasteiger partial charge in [0.2, 0.25) is 5.78 Å². The molecule has 0 fully saturated rings. The normalized spacial score (nSPS) is 11.5. The molecule has 6 nitrogen and oxygen atoms in total. The van der Waals surface area contributed by atoms with Gasteiger partial charge in [0, 0.05) is 28.4 Å². The van der Waals surface area contributed by atoms with E-state index in [1.807, 2.05) is 25.3 Å². The minimum Gasteiger partial charge on any atom is -0.454 e. The number of rotatable bonds is 9. The van der Waals surface area contributed by atoms with Crippen molar-refractivity contribution in [2.75, 3.05) is 12.4 Å². The number of aromatic nitrogens is 1. The Bertz CT molecular complexity index is 1190. The fourth-order valence-electron chi connectivity index (χ4n) is 3.45. The third-order valence-electron chi connectivity index (χ3n) is 5.19. The van der Waals surface area contributed by atoms with Gasteiger partial charge in [0.1, 0.15) is 0 Å². The van der Waals surface area contributed by atoms with Crippen LogP contribution >= 0.6 is 11.3 Å². The monoisotopic (exact) mass is 459 g/mol. The second-order valence-corrected chi connectivity index (χ2v) is 10.4. The lowest BCUT2D eigenvalue weighted by Gasteiger charge is -2.10. The lowest BCUT2D eigenvalue weighted by atomic mass is 10.1. The second kappa shape index (κ2) is 9.62. The first-order valence-corrected chi connectivity index (χ1v) is 12.5. The molecule has 8 heteroatoms. The summed E-state index contributed by atoms with van der Waals surface area (Å²) >= 11 is 1.70. The smallest absolute Gasteiger partial charge is 0.339 e. The van der Waals surface area contributed by atoms with E-state index in [-0.39, 0.29) is 22.0 Å². The molecule has 0 aliphatic carbocycles. The average molecular weight is 460 g/mol. The van der Waals surface area contributed by atoms with Crippen LogP contribution in [0.4, 0.5) is 0 Å². The van der Waals surface area contributed by atoms with Crippen LogP contribution in [0.5, 0.6) is 0 Å². The summed E-state index contributed by atoms with van der Waals surface area (Å²) in [6.45, 7) is 5.63. The predicted molar refractivity (Wildman–Crippen MR) is 121 cm³/mol. The summed E-state index contributed by atoms with van der Waals surface area (Å²) in [5.41, 5.74) is 2.23. The van der Waals surface area contributed by atoms with Gasteiger partial charge < -0.3 is 9.30 Å². The fourth-order valence-corrected chi connectivity index (χ4v) is 5.23. The van der Waals surface area contributed by atoms with Crippen LogP contribution in [0.25, 0.3) is 0 Å². The summed E-state index contributed by atoms with van der Waals surface area (Å²) in [4.78, 5) is 26.4. The molecule has 1 aromatic carbocycles. The van der Waals surface area contributed by atoms with Gasteiger partial charge in [0.25, 0.3) is 0 Å². The highest BCUT2D eigenvalue weighted by Crippen LogP contribution is 2.20. The molecule has 2 heterocycles. The van der Waals surface area contributed by atoms with Crippen molar-refractivity contribution < 1.29 is 22.7 Å². The average Bonchev–Trinajstić information content (AvgIpc) is 3.38. The van der Waals surface area contributed by atoms with Gasteiger partial charge in [-0.25, -0.2) is 13.2 Å². The third kappa shape index (κ3) is 5.14. The number of carbonyl (C=O) groups is 2. The largest absolute Gasteiger partial charge is 0.454 e. The number of Topliss-reactive ketones (excluding diaryl/α,β-unsaturated/α-hetero) is 1. The van der Waals surface area contributed by atoms with Crippen molar-refractivity contribution >= 4 is 32.9 Å². The topological polar surface area (TPSA) is 82.4 Å². The summed E-state index contributed by atoms with van der Waals surface area (Å²) in [5.74, 6) is -1.28. The van der Waals surface area contributed by atoms with Gasteiger partial charge in [-0.05, 0) is 49.9 Å². The van der Waals surface area contributed by atoms with Crippen molar-refractivity contribution in [1.82, 2.24) is 4.57 Å². The Morgan fingerprint density at radius 3 is 2.48 bits per heavy atom. The molecule has 0 amide bonds. The molecular formula is C23H25NO5S2. The molecule has 0 saturated carbocycles. The molecule has 0 spiro atoms. The highest BCUT2D eigenvalue weighted by Gasteiger charge is 2.23. The zero-order chi connectivity index (χ0) is 22.6. The SMILES string of the molecule is CCS(=O)(=O)c1ccccc1C(=O)OCC(=O)c1cc(C)n(CCc2cccs2)c1C. The van der Waals surface area contributed by atoms with Gasteiger partial charge in [-0.1, -0.05) is 25.1 Å². The standard InChI is InChI=1S/C23H25NO5S2/c1-4-31(27,28)22-10-6-5-9-19(22)23(26)29-15-21(25)20-14-16(2)24(17(20)3)12-11-18-8-7-13-30-18/h5-10,13-14H,4,11-12,15H2,1-3H3. The summed E-state index contributed by atoms with van der Waals surface area (Å²) in [7, 11) is -3.59. The first-order chi connectivity index (χ1) is 14.7. The predicted octanol–water partition coefficient (Wildman–Crippen LogP) is 4.24. The number of benzene rings is 1. The highest BCUT2D eigenvalue weighted by atomic mass is 32.2. The molecule has 0 aliphatic rings. The Labute approximate surface area is 186 Å². The molecule has 0 N–H and O–H groups in total. The summed E-state index contributed by atoms with van der Waals surface area (Å²) < 4.78 is 31.7. The van der Waals surface area contributed by atoms with Gasteiger partial charge >= 0.3 is 5.97 Å². The van der Waals surface area contributed by atoms with Crippen molar-refractivity contribution in [3.8, 4) is 0 Å². The van der Waals surface area contributed by atoms with Crippen molar-refractivity contribution in [2.45, 2.75) is 38.6 Å². The van der Waals surface area contributed by atoms with Crippen LogP contribution in [0.1, 0.15) is 43.9 Å². The van der Waals surface area contributed by atoms with Gasteiger partial charge in [-0.15, -0.1) is 11.3 Å². The van der Waals surface area contributed by atoms with E-state index in [9.17, 15) is 18.0 Å². The number of thiophene rings is 1. The Kier molecular flexibility index (Phi) is 7.12. The Balaban J connectivity index is 1.70. The Morgan fingerprint density at radius 2 is 1.81 bits per heavy atom. The summed E-state index contributed by atoms with van der Waals surface area (Å²) in [6, 6.07) is 11.8. The van der Waals surface area contributed by atoms with E-state index in [4.69, 9.17) is 4.74 Å². The van der Waals surface area contributed by atoms with E-state index < -0.39 is 22.4 Å². The minimum absolute atomic E-state index is 0.0569. The van der Waals surface area contributed by atoms with Crippen molar-refractivity contribution in [3.63, 3.8) is 0 Å². The molecular weight excluding hydrogens is 434 g/mol. The molecule has 0 aliphatic heterocycles. The highest BCUT2D eigenvalue weighted by molar-refractivity contribution is 7.91. The van der Waals surface area contributed by atoms with E-state index in [0.717, 1.165) is 24.4 Å². The maximum atomic E-state index is 12.7. The summed E-state index contributed by atoms with van der Waals surface area (Å²) in [5, 5.41) is 2.04. The number of aryl methyl sites for hydroxylation is 2. The van der Waals surface area contributed by atoms with Crippen molar-refractivity contribution in [3.05, 3.63) is 75.2 Å². The lowest BCUT2D eigenvalue weighted by molar-refractivity contribution is 0.0470. The quantitative estimate of drug-likeness (QED) is 0.353. The minimum atomic E-state index is -3.59. The molecule has 0 unspecified atom stereocenters. The number of hydrogen-bond acceptors (Lipinski definition) is 6. The number of ether oxygens (including phenoxy) is 1. The van der Waals surface area contributed by atoms with Gasteiger partial charge in [-0.3, -0.25) is 4.79 Å². The molecule has 31 heavy (non-hydrogen) atoms. The number of hydrogen-bond donors (Lipinski definition) is 0. The van der Waals surface area contributed by atoms with Crippen LogP contribution in [0.3, 0.4) is 0 Å². The first-order valence-electron chi connectivity index (χ1n) is 9.95.